The van der Waals surface area contributed by atoms with Crippen LogP contribution in [0.15, 0.2) is 48.8 Å². The monoisotopic (exact) mass is 269 g/mol. The normalized spacial score (nSPS) is 12.8. The second-order valence-corrected chi connectivity index (χ2v) is 5.02. The Morgan fingerprint density at radius 2 is 2.00 bits per heavy atom. The summed E-state index contributed by atoms with van der Waals surface area (Å²) in [5.74, 6) is -0.224. The predicted molar refractivity (Wildman–Crippen MR) is 78.4 cm³/mol. The van der Waals surface area contributed by atoms with Gasteiger partial charge in [-0.05, 0) is 37.6 Å². The van der Waals surface area contributed by atoms with Crippen LogP contribution < -0.4 is 5.73 Å². The number of nitrogens with zero attached hydrogens (tertiary/aromatic N) is 2. The Labute approximate surface area is 116 Å². The van der Waals surface area contributed by atoms with E-state index in [2.05, 4.69) is 4.98 Å². The van der Waals surface area contributed by atoms with Gasteiger partial charge in [0.2, 0.25) is 0 Å². The van der Waals surface area contributed by atoms with Crippen molar-refractivity contribution in [1.82, 2.24) is 9.55 Å². The topological polar surface area (TPSA) is 43.8 Å². The molecule has 0 aliphatic rings. The highest BCUT2D eigenvalue weighted by atomic mass is 19.1. The van der Waals surface area contributed by atoms with Crippen molar-refractivity contribution in [3.63, 3.8) is 0 Å². The van der Waals surface area contributed by atoms with E-state index >= 15 is 0 Å². The fourth-order valence-corrected chi connectivity index (χ4v) is 2.45. The lowest BCUT2D eigenvalue weighted by molar-refractivity contribution is 0.594. The molecule has 0 radical (unpaired) electrons. The van der Waals surface area contributed by atoms with Crippen LogP contribution in [0.1, 0.15) is 12.5 Å². The van der Waals surface area contributed by atoms with Gasteiger partial charge in [-0.15, -0.1) is 0 Å². The molecule has 0 fully saturated rings. The quantitative estimate of drug-likeness (QED) is 0.794. The Morgan fingerprint density at radius 3 is 2.80 bits per heavy atom. The third-order valence-corrected chi connectivity index (χ3v) is 3.33. The van der Waals surface area contributed by atoms with Crippen molar-refractivity contribution in [2.75, 3.05) is 0 Å². The molecule has 102 valence electrons. The molecule has 0 amide bonds. The minimum absolute atomic E-state index is 0.0968. The van der Waals surface area contributed by atoms with Crippen LogP contribution in [-0.2, 0) is 6.42 Å². The highest BCUT2D eigenvalue weighted by Gasteiger charge is 2.13. The van der Waals surface area contributed by atoms with E-state index in [1.165, 1.54) is 6.07 Å². The SMILES string of the molecule is CC(N)Cc1c(F)cccc1-n1cnc2ccccc21. The summed E-state index contributed by atoms with van der Waals surface area (Å²) >= 11 is 0. The minimum Gasteiger partial charge on any atom is -0.328 e. The van der Waals surface area contributed by atoms with Gasteiger partial charge in [-0.2, -0.15) is 0 Å². The van der Waals surface area contributed by atoms with Gasteiger partial charge in [-0.3, -0.25) is 4.57 Å². The fraction of sp³-hybridized carbons (Fsp3) is 0.188. The number of hydrogen-bond donors (Lipinski definition) is 1. The zero-order valence-corrected chi connectivity index (χ0v) is 11.3. The molecule has 2 N–H and O–H groups in total. The summed E-state index contributed by atoms with van der Waals surface area (Å²) in [6.45, 7) is 1.88. The van der Waals surface area contributed by atoms with Gasteiger partial charge in [-0.1, -0.05) is 18.2 Å². The number of para-hydroxylation sites is 2. The van der Waals surface area contributed by atoms with Gasteiger partial charge in [0.15, 0.2) is 0 Å². The lowest BCUT2D eigenvalue weighted by Gasteiger charge is -2.14. The molecule has 0 aliphatic heterocycles. The van der Waals surface area contributed by atoms with E-state index in [4.69, 9.17) is 5.73 Å². The Morgan fingerprint density at radius 1 is 1.20 bits per heavy atom. The second-order valence-electron chi connectivity index (χ2n) is 5.02. The summed E-state index contributed by atoms with van der Waals surface area (Å²) in [4.78, 5) is 4.35. The third kappa shape index (κ3) is 2.18. The van der Waals surface area contributed by atoms with Crippen LogP contribution in [0.3, 0.4) is 0 Å². The third-order valence-electron chi connectivity index (χ3n) is 3.33. The molecule has 3 rings (SSSR count). The summed E-state index contributed by atoms with van der Waals surface area (Å²) in [7, 11) is 0. The maximum Gasteiger partial charge on any atom is 0.128 e. The van der Waals surface area contributed by atoms with E-state index in [1.54, 1.807) is 12.4 Å². The number of halogens is 1. The lowest BCUT2D eigenvalue weighted by Crippen LogP contribution is -2.19. The second kappa shape index (κ2) is 5.06. The van der Waals surface area contributed by atoms with Crippen molar-refractivity contribution in [2.45, 2.75) is 19.4 Å². The van der Waals surface area contributed by atoms with Crippen LogP contribution in [0.2, 0.25) is 0 Å². The Bertz CT molecular complexity index is 746. The summed E-state index contributed by atoms with van der Waals surface area (Å²) in [5.41, 5.74) is 9.12. The highest BCUT2D eigenvalue weighted by molar-refractivity contribution is 5.77. The van der Waals surface area contributed by atoms with Gasteiger partial charge < -0.3 is 5.73 Å². The van der Waals surface area contributed by atoms with Gasteiger partial charge in [0.25, 0.3) is 0 Å². The van der Waals surface area contributed by atoms with E-state index in [-0.39, 0.29) is 11.9 Å². The molecule has 0 aliphatic carbocycles. The average molecular weight is 269 g/mol. The Kier molecular flexibility index (Phi) is 3.24. The van der Waals surface area contributed by atoms with Crippen LogP contribution in [-0.4, -0.2) is 15.6 Å². The largest absolute Gasteiger partial charge is 0.328 e. The standard InChI is InChI=1S/C16H16FN3/c1-11(18)9-12-13(17)5-4-8-15(12)20-10-19-14-6-2-3-7-16(14)20/h2-8,10-11H,9,18H2,1H3. The van der Waals surface area contributed by atoms with Gasteiger partial charge in [-0.25, -0.2) is 9.37 Å². The summed E-state index contributed by atoms with van der Waals surface area (Å²) in [6.07, 6.45) is 2.22. The van der Waals surface area contributed by atoms with E-state index < -0.39 is 0 Å². The summed E-state index contributed by atoms with van der Waals surface area (Å²) in [5, 5.41) is 0. The van der Waals surface area contributed by atoms with Crippen LogP contribution in [0.25, 0.3) is 16.7 Å². The molecule has 3 aromatic rings. The lowest BCUT2D eigenvalue weighted by atomic mass is 10.0. The highest BCUT2D eigenvalue weighted by Crippen LogP contribution is 2.23. The van der Waals surface area contributed by atoms with Gasteiger partial charge in [0.05, 0.1) is 16.7 Å². The molecule has 0 spiro atoms. The van der Waals surface area contributed by atoms with Gasteiger partial charge >= 0.3 is 0 Å². The van der Waals surface area contributed by atoms with Crippen LogP contribution in [0.5, 0.6) is 0 Å². The molecule has 2 aromatic carbocycles. The van der Waals surface area contributed by atoms with Gasteiger partial charge in [0.1, 0.15) is 12.1 Å². The van der Waals surface area contributed by atoms with Gasteiger partial charge in [0, 0.05) is 11.6 Å². The van der Waals surface area contributed by atoms with Crippen LogP contribution in [0.4, 0.5) is 4.39 Å². The molecule has 1 heterocycles. The first-order valence-electron chi connectivity index (χ1n) is 6.62. The summed E-state index contributed by atoms with van der Waals surface area (Å²) in [6, 6.07) is 12.8. The molecular weight excluding hydrogens is 253 g/mol. The Hall–Kier alpha value is -2.20. The smallest absolute Gasteiger partial charge is 0.128 e. The number of benzene rings is 2. The zero-order chi connectivity index (χ0) is 14.1. The van der Waals surface area contributed by atoms with Crippen LogP contribution in [0, 0.1) is 5.82 Å². The zero-order valence-electron chi connectivity index (χ0n) is 11.3. The first-order valence-corrected chi connectivity index (χ1v) is 6.62. The minimum atomic E-state index is -0.224. The van der Waals surface area contributed by atoms with Crippen LogP contribution >= 0.6 is 0 Å². The molecule has 0 bridgehead atoms. The Balaban J connectivity index is 2.21. The van der Waals surface area contributed by atoms with E-state index in [9.17, 15) is 4.39 Å². The maximum absolute atomic E-state index is 14.1. The fourth-order valence-electron chi connectivity index (χ4n) is 2.45. The first kappa shape index (κ1) is 12.8. The number of fused-ring (bicyclic) bond motifs is 1. The summed E-state index contributed by atoms with van der Waals surface area (Å²) < 4.78 is 16.0. The molecular formula is C16H16FN3. The number of rotatable bonds is 3. The number of nitrogens with two attached hydrogens (primary N) is 1. The van der Waals surface area contributed by atoms with Crippen molar-refractivity contribution in [1.29, 1.82) is 0 Å². The molecule has 4 heteroatoms. The maximum atomic E-state index is 14.1. The molecule has 20 heavy (non-hydrogen) atoms. The number of imidazole rings is 1. The van der Waals surface area contributed by atoms with Crippen molar-refractivity contribution >= 4 is 11.0 Å². The first-order chi connectivity index (χ1) is 9.66. The predicted octanol–water partition coefficient (Wildman–Crippen LogP) is 3.05. The van der Waals surface area contributed by atoms with E-state index in [1.807, 2.05) is 41.8 Å². The molecule has 3 nitrogen and oxygen atoms in total. The van der Waals surface area contributed by atoms with Crippen molar-refractivity contribution in [3.8, 4) is 5.69 Å². The molecule has 1 aromatic heterocycles. The van der Waals surface area contributed by atoms with E-state index in [0.29, 0.717) is 12.0 Å². The number of hydrogen-bond acceptors (Lipinski definition) is 2. The molecule has 1 unspecified atom stereocenters. The van der Waals surface area contributed by atoms with E-state index in [0.717, 1.165) is 16.7 Å². The van der Waals surface area contributed by atoms with Crippen molar-refractivity contribution in [3.05, 3.63) is 60.2 Å². The molecule has 1 atom stereocenters. The van der Waals surface area contributed by atoms with Crippen molar-refractivity contribution < 1.29 is 4.39 Å². The van der Waals surface area contributed by atoms with Crippen molar-refractivity contribution in [2.24, 2.45) is 5.73 Å². The molecule has 0 saturated carbocycles. The average Bonchev–Trinajstić information content (AvgIpc) is 2.84. The number of aromatic nitrogens is 2. The molecule has 0 saturated heterocycles.